The minimum Gasteiger partial charge on any atom is -0.454 e. The van der Waals surface area contributed by atoms with Crippen molar-refractivity contribution >= 4 is 5.91 Å². The monoisotopic (exact) mass is 345 g/mol. The lowest BCUT2D eigenvalue weighted by molar-refractivity contribution is -0.122. The third-order valence-electron chi connectivity index (χ3n) is 3.96. The predicted molar refractivity (Wildman–Crippen MR) is 90.3 cm³/mol. The van der Waals surface area contributed by atoms with Gasteiger partial charge in [-0.05, 0) is 36.5 Å². The van der Waals surface area contributed by atoms with E-state index in [0.717, 1.165) is 23.5 Å². The van der Waals surface area contributed by atoms with Gasteiger partial charge in [-0.2, -0.15) is 0 Å². The molecule has 1 amide bonds. The molecule has 1 unspecified atom stereocenters. The fourth-order valence-corrected chi connectivity index (χ4v) is 2.77. The Balaban J connectivity index is 1.58. The molecule has 25 heavy (non-hydrogen) atoms. The van der Waals surface area contributed by atoms with E-state index in [-0.39, 0.29) is 18.7 Å². The number of amides is 1. The minimum absolute atomic E-state index is 0.0424. The first-order valence-electron chi connectivity index (χ1n) is 8.49. The van der Waals surface area contributed by atoms with Crippen LogP contribution in [0.15, 0.2) is 22.6 Å². The van der Waals surface area contributed by atoms with E-state index in [0.29, 0.717) is 30.5 Å². The second kappa shape index (κ2) is 7.55. The Bertz CT molecular complexity index is 742. The van der Waals surface area contributed by atoms with Crippen LogP contribution in [0.25, 0.3) is 0 Å². The Kier molecular flexibility index (Phi) is 5.21. The molecule has 0 aliphatic carbocycles. The summed E-state index contributed by atoms with van der Waals surface area (Å²) in [4.78, 5) is 12.4. The quantitative estimate of drug-likeness (QED) is 0.830. The normalized spacial score (nSPS) is 13.9. The SMILES string of the molecule is Cc1nnc(C(CC(C)C)NC(=O)CCc2ccc3c(c2)OCO3)o1. The summed E-state index contributed by atoms with van der Waals surface area (Å²) in [5.74, 6) is 2.79. The van der Waals surface area contributed by atoms with Crippen LogP contribution in [0.3, 0.4) is 0 Å². The first-order chi connectivity index (χ1) is 12.0. The summed E-state index contributed by atoms with van der Waals surface area (Å²) in [6.07, 6.45) is 1.75. The van der Waals surface area contributed by atoms with Gasteiger partial charge < -0.3 is 19.2 Å². The number of aromatic nitrogens is 2. The van der Waals surface area contributed by atoms with Crippen LogP contribution in [0, 0.1) is 12.8 Å². The van der Waals surface area contributed by atoms with E-state index >= 15 is 0 Å². The molecule has 3 rings (SSSR count). The number of ether oxygens (including phenoxy) is 2. The van der Waals surface area contributed by atoms with Crippen molar-refractivity contribution in [3.63, 3.8) is 0 Å². The molecule has 1 aromatic heterocycles. The molecule has 134 valence electrons. The highest BCUT2D eigenvalue weighted by atomic mass is 16.7. The molecule has 7 heteroatoms. The van der Waals surface area contributed by atoms with E-state index in [1.165, 1.54) is 0 Å². The minimum atomic E-state index is -0.259. The van der Waals surface area contributed by atoms with E-state index in [2.05, 4.69) is 29.4 Å². The number of carbonyl (C=O) groups excluding carboxylic acids is 1. The second-order valence-corrected chi connectivity index (χ2v) is 6.60. The lowest BCUT2D eigenvalue weighted by Gasteiger charge is -2.17. The van der Waals surface area contributed by atoms with Gasteiger partial charge >= 0.3 is 0 Å². The Morgan fingerprint density at radius 1 is 1.24 bits per heavy atom. The molecule has 1 aliphatic heterocycles. The fourth-order valence-electron chi connectivity index (χ4n) is 2.77. The van der Waals surface area contributed by atoms with Gasteiger partial charge in [-0.3, -0.25) is 4.79 Å². The molecule has 1 N–H and O–H groups in total. The van der Waals surface area contributed by atoms with Crippen molar-refractivity contribution in [3.8, 4) is 11.5 Å². The van der Waals surface area contributed by atoms with Crippen molar-refractivity contribution in [1.82, 2.24) is 15.5 Å². The molecule has 0 spiro atoms. The maximum absolute atomic E-state index is 12.4. The van der Waals surface area contributed by atoms with Crippen LogP contribution in [0.5, 0.6) is 11.5 Å². The van der Waals surface area contributed by atoms with Crippen molar-refractivity contribution in [2.24, 2.45) is 5.92 Å². The first kappa shape index (κ1) is 17.3. The van der Waals surface area contributed by atoms with Gasteiger partial charge in [0.2, 0.25) is 24.5 Å². The summed E-state index contributed by atoms with van der Waals surface area (Å²) in [6, 6.07) is 5.49. The summed E-state index contributed by atoms with van der Waals surface area (Å²) in [5, 5.41) is 10.9. The number of rotatable bonds is 7. The lowest BCUT2D eigenvalue weighted by atomic mass is 10.0. The molecule has 2 aromatic rings. The number of fused-ring (bicyclic) bond motifs is 1. The maximum Gasteiger partial charge on any atom is 0.238 e. The molecule has 1 aromatic carbocycles. The number of hydrogen-bond donors (Lipinski definition) is 1. The largest absolute Gasteiger partial charge is 0.454 e. The number of aryl methyl sites for hydroxylation is 2. The third-order valence-corrected chi connectivity index (χ3v) is 3.96. The molecular weight excluding hydrogens is 322 g/mol. The highest BCUT2D eigenvalue weighted by Crippen LogP contribution is 2.32. The van der Waals surface area contributed by atoms with Crippen LogP contribution >= 0.6 is 0 Å². The molecule has 7 nitrogen and oxygen atoms in total. The molecule has 0 fully saturated rings. The Hall–Kier alpha value is -2.57. The maximum atomic E-state index is 12.4. The van der Waals surface area contributed by atoms with Gasteiger partial charge in [-0.1, -0.05) is 19.9 Å². The number of carbonyl (C=O) groups is 1. The van der Waals surface area contributed by atoms with E-state index < -0.39 is 0 Å². The zero-order chi connectivity index (χ0) is 17.8. The Morgan fingerprint density at radius 2 is 2.04 bits per heavy atom. The van der Waals surface area contributed by atoms with E-state index in [9.17, 15) is 4.79 Å². The van der Waals surface area contributed by atoms with Crippen molar-refractivity contribution < 1.29 is 18.7 Å². The molecule has 0 bridgehead atoms. The summed E-state index contributed by atoms with van der Waals surface area (Å²) in [6.45, 7) is 6.17. The van der Waals surface area contributed by atoms with Gasteiger partial charge in [0, 0.05) is 13.3 Å². The number of hydrogen-bond acceptors (Lipinski definition) is 6. The van der Waals surface area contributed by atoms with Crippen molar-refractivity contribution in [3.05, 3.63) is 35.5 Å². The van der Waals surface area contributed by atoms with Crippen LogP contribution in [0.1, 0.15) is 50.1 Å². The van der Waals surface area contributed by atoms with E-state index in [1.807, 2.05) is 18.2 Å². The van der Waals surface area contributed by atoms with Gasteiger partial charge in [-0.15, -0.1) is 10.2 Å². The third kappa shape index (κ3) is 4.49. The zero-order valence-corrected chi connectivity index (χ0v) is 14.7. The molecule has 0 saturated carbocycles. The van der Waals surface area contributed by atoms with Crippen molar-refractivity contribution in [2.45, 2.75) is 46.1 Å². The molecule has 2 heterocycles. The Morgan fingerprint density at radius 3 is 2.76 bits per heavy atom. The molecule has 0 radical (unpaired) electrons. The summed E-state index contributed by atoms with van der Waals surface area (Å²) < 4.78 is 16.2. The predicted octanol–water partition coefficient (Wildman–Crippen LogP) is 2.94. The number of benzene rings is 1. The van der Waals surface area contributed by atoms with Gasteiger partial charge in [0.1, 0.15) is 6.04 Å². The van der Waals surface area contributed by atoms with Crippen molar-refractivity contribution in [1.29, 1.82) is 0 Å². The second-order valence-electron chi connectivity index (χ2n) is 6.60. The van der Waals surface area contributed by atoms with Gasteiger partial charge in [0.15, 0.2) is 11.5 Å². The smallest absolute Gasteiger partial charge is 0.238 e. The summed E-state index contributed by atoms with van der Waals surface area (Å²) in [7, 11) is 0. The van der Waals surface area contributed by atoms with Gasteiger partial charge in [-0.25, -0.2) is 0 Å². The summed E-state index contributed by atoms with van der Waals surface area (Å²) in [5.41, 5.74) is 1.04. The van der Waals surface area contributed by atoms with Crippen LogP contribution in [-0.4, -0.2) is 22.9 Å². The van der Waals surface area contributed by atoms with Crippen LogP contribution in [0.4, 0.5) is 0 Å². The first-order valence-corrected chi connectivity index (χ1v) is 8.49. The van der Waals surface area contributed by atoms with E-state index in [1.54, 1.807) is 6.92 Å². The number of nitrogens with zero attached hydrogens (tertiary/aromatic N) is 2. The number of nitrogens with one attached hydrogen (secondary N) is 1. The topological polar surface area (TPSA) is 86.5 Å². The average molecular weight is 345 g/mol. The highest BCUT2D eigenvalue weighted by molar-refractivity contribution is 5.76. The zero-order valence-electron chi connectivity index (χ0n) is 14.7. The summed E-state index contributed by atoms with van der Waals surface area (Å²) >= 11 is 0. The van der Waals surface area contributed by atoms with Gasteiger partial charge in [0.05, 0.1) is 0 Å². The fraction of sp³-hybridized carbons (Fsp3) is 0.500. The lowest BCUT2D eigenvalue weighted by Crippen LogP contribution is -2.30. The van der Waals surface area contributed by atoms with Crippen LogP contribution in [0.2, 0.25) is 0 Å². The van der Waals surface area contributed by atoms with Crippen molar-refractivity contribution in [2.75, 3.05) is 6.79 Å². The van der Waals surface area contributed by atoms with E-state index in [4.69, 9.17) is 13.9 Å². The van der Waals surface area contributed by atoms with Gasteiger partial charge in [0.25, 0.3) is 0 Å². The average Bonchev–Trinajstić information content (AvgIpc) is 3.20. The highest BCUT2D eigenvalue weighted by Gasteiger charge is 2.21. The Labute approximate surface area is 146 Å². The molecule has 1 atom stereocenters. The van der Waals surface area contributed by atoms with Crippen LogP contribution in [-0.2, 0) is 11.2 Å². The molecular formula is C18H23N3O4. The molecule has 0 saturated heterocycles. The van der Waals surface area contributed by atoms with Crippen LogP contribution < -0.4 is 14.8 Å². The standard InChI is InChI=1S/C18H23N3O4/c1-11(2)8-14(18-21-20-12(3)25-18)19-17(22)7-5-13-4-6-15-16(9-13)24-10-23-15/h4,6,9,11,14H,5,7-8,10H2,1-3H3,(H,19,22). The molecule has 1 aliphatic rings.